The molecule has 2 aromatic carbocycles. The quantitative estimate of drug-likeness (QED) is 0.787. The minimum absolute atomic E-state index is 0.764. The number of hydrogen-bond acceptors (Lipinski definition) is 2. The summed E-state index contributed by atoms with van der Waals surface area (Å²) in [5.41, 5.74) is 3.50. The van der Waals surface area contributed by atoms with Crippen LogP contribution in [-0.2, 0) is 6.54 Å². The Kier molecular flexibility index (Phi) is 4.88. The second kappa shape index (κ2) is 6.44. The first-order chi connectivity index (χ1) is 9.08. The minimum atomic E-state index is 0.764. The van der Waals surface area contributed by atoms with Gasteiger partial charge in [-0.1, -0.05) is 44.0 Å². The Morgan fingerprint density at radius 3 is 2.58 bits per heavy atom. The van der Waals surface area contributed by atoms with Crippen LogP contribution in [0, 0.1) is 6.92 Å². The van der Waals surface area contributed by atoms with Crippen LogP contribution in [-0.4, -0.2) is 7.11 Å². The highest BCUT2D eigenvalue weighted by Gasteiger charge is 2.02. The molecule has 0 radical (unpaired) electrons. The lowest BCUT2D eigenvalue weighted by Crippen LogP contribution is -2.00. The maximum Gasteiger partial charge on any atom is 0.122 e. The number of ether oxygens (including phenoxy) is 1. The van der Waals surface area contributed by atoms with E-state index in [1.54, 1.807) is 7.11 Å². The van der Waals surface area contributed by atoms with Crippen molar-refractivity contribution in [1.82, 2.24) is 0 Å². The van der Waals surface area contributed by atoms with Crippen molar-refractivity contribution in [2.75, 3.05) is 12.4 Å². The first kappa shape index (κ1) is 14.4. The summed E-state index contributed by atoms with van der Waals surface area (Å²) in [6, 6.07) is 12.3. The molecule has 0 aliphatic rings. The second-order valence-electron chi connectivity index (χ2n) is 4.33. The molecule has 0 atom stereocenters. The molecule has 0 unspecified atom stereocenters. The highest BCUT2D eigenvalue weighted by atomic mass is 79.9. The van der Waals surface area contributed by atoms with E-state index >= 15 is 0 Å². The van der Waals surface area contributed by atoms with E-state index in [1.165, 1.54) is 11.1 Å². The topological polar surface area (TPSA) is 21.3 Å². The molecule has 0 amide bonds. The standard InChI is InChI=1S/C15H15Br2NO/c1-10-3-4-11(15(17)5-10)9-18-13-6-12(16)7-14(8-13)19-2/h3-8,18H,9H2,1-2H3. The number of anilines is 1. The van der Waals surface area contributed by atoms with E-state index in [2.05, 4.69) is 62.3 Å². The number of benzene rings is 2. The first-order valence-electron chi connectivity index (χ1n) is 5.92. The van der Waals surface area contributed by atoms with Crippen LogP contribution in [0.5, 0.6) is 5.75 Å². The molecule has 2 rings (SSSR count). The van der Waals surface area contributed by atoms with Crippen molar-refractivity contribution < 1.29 is 4.74 Å². The van der Waals surface area contributed by atoms with Crippen LogP contribution in [0.3, 0.4) is 0 Å². The molecule has 0 aliphatic carbocycles. The molecule has 0 aliphatic heterocycles. The van der Waals surface area contributed by atoms with Crippen molar-refractivity contribution >= 4 is 37.5 Å². The van der Waals surface area contributed by atoms with Gasteiger partial charge in [0.1, 0.15) is 5.75 Å². The van der Waals surface area contributed by atoms with Crippen molar-refractivity contribution in [2.24, 2.45) is 0 Å². The lowest BCUT2D eigenvalue weighted by Gasteiger charge is -2.11. The molecule has 1 N–H and O–H groups in total. The van der Waals surface area contributed by atoms with Crippen LogP contribution >= 0.6 is 31.9 Å². The van der Waals surface area contributed by atoms with Gasteiger partial charge < -0.3 is 10.1 Å². The smallest absolute Gasteiger partial charge is 0.122 e. The Morgan fingerprint density at radius 2 is 1.89 bits per heavy atom. The van der Waals surface area contributed by atoms with Gasteiger partial charge in [0.15, 0.2) is 0 Å². The van der Waals surface area contributed by atoms with Crippen LogP contribution < -0.4 is 10.1 Å². The molecule has 19 heavy (non-hydrogen) atoms. The van der Waals surface area contributed by atoms with Gasteiger partial charge in [-0.3, -0.25) is 0 Å². The molecule has 0 spiro atoms. The first-order valence-corrected chi connectivity index (χ1v) is 7.50. The molecule has 0 saturated heterocycles. The summed E-state index contributed by atoms with van der Waals surface area (Å²) >= 11 is 7.06. The van der Waals surface area contributed by atoms with E-state index in [0.717, 1.165) is 26.9 Å². The summed E-state index contributed by atoms with van der Waals surface area (Å²) in [5, 5.41) is 3.40. The molecule has 2 aromatic rings. The van der Waals surface area contributed by atoms with Crippen molar-refractivity contribution in [2.45, 2.75) is 13.5 Å². The summed E-state index contributed by atoms with van der Waals surface area (Å²) in [7, 11) is 1.67. The molecular weight excluding hydrogens is 370 g/mol. The average Bonchev–Trinajstić information content (AvgIpc) is 2.37. The summed E-state index contributed by atoms with van der Waals surface area (Å²) < 4.78 is 7.37. The summed E-state index contributed by atoms with van der Waals surface area (Å²) in [4.78, 5) is 0. The Balaban J connectivity index is 2.12. The lowest BCUT2D eigenvalue weighted by atomic mass is 10.1. The van der Waals surface area contributed by atoms with Gasteiger partial charge in [-0.15, -0.1) is 0 Å². The fourth-order valence-electron chi connectivity index (χ4n) is 1.78. The Labute approximate surface area is 130 Å². The zero-order valence-corrected chi connectivity index (χ0v) is 14.0. The molecule has 100 valence electrons. The number of nitrogens with one attached hydrogen (secondary N) is 1. The van der Waals surface area contributed by atoms with Gasteiger partial charge in [-0.05, 0) is 36.2 Å². The van der Waals surface area contributed by atoms with E-state index < -0.39 is 0 Å². The van der Waals surface area contributed by atoms with E-state index in [1.807, 2.05) is 18.2 Å². The average molecular weight is 385 g/mol. The Hall–Kier alpha value is -1.00. The minimum Gasteiger partial charge on any atom is -0.497 e. The van der Waals surface area contributed by atoms with Gasteiger partial charge in [0.05, 0.1) is 7.11 Å². The molecule has 4 heteroatoms. The molecule has 0 heterocycles. The lowest BCUT2D eigenvalue weighted by molar-refractivity contribution is 0.414. The van der Waals surface area contributed by atoms with Gasteiger partial charge in [0.2, 0.25) is 0 Å². The van der Waals surface area contributed by atoms with Gasteiger partial charge in [-0.2, -0.15) is 0 Å². The summed E-state index contributed by atoms with van der Waals surface area (Å²) in [6.07, 6.45) is 0. The third-order valence-electron chi connectivity index (χ3n) is 2.80. The molecule has 0 fully saturated rings. The summed E-state index contributed by atoms with van der Waals surface area (Å²) in [6.45, 7) is 2.85. The van der Waals surface area contributed by atoms with Crippen molar-refractivity contribution in [3.63, 3.8) is 0 Å². The highest BCUT2D eigenvalue weighted by Crippen LogP contribution is 2.26. The van der Waals surface area contributed by atoms with Crippen LogP contribution in [0.25, 0.3) is 0 Å². The molecule has 0 aromatic heterocycles. The third-order valence-corrected chi connectivity index (χ3v) is 3.99. The van der Waals surface area contributed by atoms with Crippen LogP contribution in [0.4, 0.5) is 5.69 Å². The molecule has 0 bridgehead atoms. The van der Waals surface area contributed by atoms with Crippen LogP contribution in [0.1, 0.15) is 11.1 Å². The molecule has 0 saturated carbocycles. The van der Waals surface area contributed by atoms with Crippen LogP contribution in [0.15, 0.2) is 45.3 Å². The molecule has 2 nitrogen and oxygen atoms in total. The monoisotopic (exact) mass is 383 g/mol. The number of rotatable bonds is 4. The zero-order chi connectivity index (χ0) is 13.8. The van der Waals surface area contributed by atoms with Gasteiger partial charge in [0.25, 0.3) is 0 Å². The maximum atomic E-state index is 5.25. The van der Waals surface area contributed by atoms with E-state index in [9.17, 15) is 0 Å². The van der Waals surface area contributed by atoms with Gasteiger partial charge in [-0.25, -0.2) is 0 Å². The van der Waals surface area contributed by atoms with E-state index in [4.69, 9.17) is 4.74 Å². The molecular formula is C15H15Br2NO. The Bertz CT molecular complexity index is 584. The maximum absolute atomic E-state index is 5.25. The SMILES string of the molecule is COc1cc(Br)cc(NCc2ccc(C)cc2Br)c1. The summed E-state index contributed by atoms with van der Waals surface area (Å²) in [5.74, 6) is 0.833. The highest BCUT2D eigenvalue weighted by molar-refractivity contribution is 9.10. The fraction of sp³-hybridized carbons (Fsp3) is 0.200. The normalized spacial score (nSPS) is 10.3. The van der Waals surface area contributed by atoms with Crippen molar-refractivity contribution in [3.8, 4) is 5.75 Å². The number of methoxy groups -OCH3 is 1. The van der Waals surface area contributed by atoms with Crippen molar-refractivity contribution in [1.29, 1.82) is 0 Å². The largest absolute Gasteiger partial charge is 0.497 e. The number of aryl methyl sites for hydroxylation is 1. The van der Waals surface area contributed by atoms with E-state index in [-0.39, 0.29) is 0 Å². The predicted molar refractivity (Wildman–Crippen MR) is 86.9 cm³/mol. The van der Waals surface area contributed by atoms with Gasteiger partial charge >= 0.3 is 0 Å². The second-order valence-corrected chi connectivity index (χ2v) is 6.10. The van der Waals surface area contributed by atoms with Gasteiger partial charge in [0, 0.05) is 27.2 Å². The predicted octanol–water partition coefficient (Wildman–Crippen LogP) is 5.14. The number of halogens is 2. The fourth-order valence-corrected chi connectivity index (χ4v) is 2.88. The number of hydrogen-bond donors (Lipinski definition) is 1. The Morgan fingerprint density at radius 1 is 1.11 bits per heavy atom. The van der Waals surface area contributed by atoms with E-state index in [0.29, 0.717) is 0 Å². The van der Waals surface area contributed by atoms with Crippen LogP contribution in [0.2, 0.25) is 0 Å². The zero-order valence-electron chi connectivity index (χ0n) is 10.8. The van der Waals surface area contributed by atoms with Crippen molar-refractivity contribution in [3.05, 3.63) is 56.5 Å². The third kappa shape index (κ3) is 3.98.